The summed E-state index contributed by atoms with van der Waals surface area (Å²) in [4.78, 5) is 13.9. The smallest absolute Gasteiger partial charge is 0.222 e. The van der Waals surface area contributed by atoms with Crippen molar-refractivity contribution in [2.24, 2.45) is 5.92 Å². The fourth-order valence-corrected chi connectivity index (χ4v) is 2.60. The van der Waals surface area contributed by atoms with E-state index in [1.807, 2.05) is 11.9 Å². The highest BCUT2D eigenvalue weighted by Gasteiger charge is 2.26. The largest absolute Gasteiger partial charge is 0.340 e. The Morgan fingerprint density at radius 1 is 1.38 bits per heavy atom. The van der Waals surface area contributed by atoms with E-state index in [0.717, 1.165) is 24.1 Å². The van der Waals surface area contributed by atoms with E-state index in [1.165, 1.54) is 25.7 Å². The van der Waals surface area contributed by atoms with Crippen molar-refractivity contribution in [3.8, 4) is 0 Å². The average Bonchev–Trinajstić information content (AvgIpc) is 2.77. The van der Waals surface area contributed by atoms with Crippen LogP contribution in [0, 0.1) is 5.92 Å². The van der Waals surface area contributed by atoms with Gasteiger partial charge in [-0.3, -0.25) is 4.79 Å². The maximum atomic E-state index is 12.0. The van der Waals surface area contributed by atoms with Crippen molar-refractivity contribution in [1.29, 1.82) is 0 Å². The van der Waals surface area contributed by atoms with Gasteiger partial charge < -0.3 is 4.90 Å². The molecule has 0 bridgehead atoms. The number of hydrogen-bond acceptors (Lipinski definition) is 1. The third kappa shape index (κ3) is 3.76. The number of amides is 1. The van der Waals surface area contributed by atoms with Gasteiger partial charge in [-0.05, 0) is 26.2 Å². The molecule has 0 unspecified atom stereocenters. The molecule has 0 aromatic carbocycles. The van der Waals surface area contributed by atoms with Crippen molar-refractivity contribution >= 4 is 21.8 Å². The zero-order valence-corrected chi connectivity index (χ0v) is 12.3. The van der Waals surface area contributed by atoms with Gasteiger partial charge >= 0.3 is 0 Å². The highest BCUT2D eigenvalue weighted by molar-refractivity contribution is 9.09. The molecule has 0 N–H and O–H groups in total. The summed E-state index contributed by atoms with van der Waals surface area (Å²) in [6.45, 7) is 4.18. The zero-order valence-electron chi connectivity index (χ0n) is 10.8. The van der Waals surface area contributed by atoms with Crippen LogP contribution in [-0.4, -0.2) is 28.7 Å². The van der Waals surface area contributed by atoms with Crippen LogP contribution in [0.15, 0.2) is 0 Å². The highest BCUT2D eigenvalue weighted by atomic mass is 79.9. The summed E-state index contributed by atoms with van der Waals surface area (Å²) in [7, 11) is 1.91. The SMILES string of the molecule is CN(C(=O)CCC1CCCC1)C(C)(C)CBr. The molecular weight excluding hydrogens is 266 g/mol. The normalized spacial score (nSPS) is 17.8. The molecule has 0 saturated heterocycles. The molecule has 0 aliphatic heterocycles. The van der Waals surface area contributed by atoms with E-state index >= 15 is 0 Å². The van der Waals surface area contributed by atoms with Gasteiger partial charge in [0, 0.05) is 24.3 Å². The second kappa shape index (κ2) is 6.04. The Hall–Kier alpha value is -0.0500. The number of carbonyl (C=O) groups excluding carboxylic acids is 1. The van der Waals surface area contributed by atoms with Crippen LogP contribution >= 0.6 is 15.9 Å². The molecule has 16 heavy (non-hydrogen) atoms. The molecule has 0 spiro atoms. The number of carbonyl (C=O) groups is 1. The minimum absolute atomic E-state index is 0.0766. The Morgan fingerprint density at radius 3 is 2.44 bits per heavy atom. The Morgan fingerprint density at radius 2 is 1.94 bits per heavy atom. The Bertz CT molecular complexity index is 234. The van der Waals surface area contributed by atoms with Crippen LogP contribution in [0.4, 0.5) is 0 Å². The molecule has 1 rings (SSSR count). The number of halogens is 1. The third-order valence-corrected chi connectivity index (χ3v) is 5.22. The highest BCUT2D eigenvalue weighted by Crippen LogP contribution is 2.29. The first kappa shape index (κ1) is 14.0. The monoisotopic (exact) mass is 289 g/mol. The fraction of sp³-hybridized carbons (Fsp3) is 0.923. The van der Waals surface area contributed by atoms with Crippen molar-refractivity contribution in [3.05, 3.63) is 0 Å². The topological polar surface area (TPSA) is 20.3 Å². The lowest BCUT2D eigenvalue weighted by molar-refractivity contribution is -0.134. The van der Waals surface area contributed by atoms with Gasteiger partial charge in [-0.2, -0.15) is 0 Å². The van der Waals surface area contributed by atoms with Gasteiger partial charge in [0.05, 0.1) is 0 Å². The standard InChI is InChI=1S/C13H24BrNO/c1-13(2,10-14)15(3)12(16)9-8-11-6-4-5-7-11/h11H,4-10H2,1-3H3. The van der Waals surface area contributed by atoms with Crippen LogP contribution in [0.25, 0.3) is 0 Å². The summed E-state index contributed by atoms with van der Waals surface area (Å²) >= 11 is 3.46. The summed E-state index contributed by atoms with van der Waals surface area (Å²) in [5.74, 6) is 1.10. The summed E-state index contributed by atoms with van der Waals surface area (Å²) in [5.41, 5.74) is -0.0766. The first-order valence-corrected chi connectivity index (χ1v) is 7.42. The third-order valence-electron chi connectivity index (χ3n) is 3.85. The molecule has 0 heterocycles. The molecule has 0 aromatic rings. The first-order chi connectivity index (χ1) is 7.47. The molecule has 0 radical (unpaired) electrons. The summed E-state index contributed by atoms with van der Waals surface area (Å²) < 4.78 is 0. The van der Waals surface area contributed by atoms with Gasteiger partial charge in [0.15, 0.2) is 0 Å². The second-order valence-electron chi connectivity index (χ2n) is 5.59. The van der Waals surface area contributed by atoms with Crippen LogP contribution in [0.3, 0.4) is 0 Å². The molecule has 0 aromatic heterocycles. The molecule has 1 amide bonds. The van der Waals surface area contributed by atoms with Gasteiger partial charge in [0.2, 0.25) is 5.91 Å². The predicted octanol–water partition coefficient (Wildman–Crippen LogP) is 3.59. The lowest BCUT2D eigenvalue weighted by Crippen LogP contribution is -2.46. The summed E-state index contributed by atoms with van der Waals surface area (Å²) in [6, 6.07) is 0. The molecule has 2 nitrogen and oxygen atoms in total. The van der Waals surface area contributed by atoms with Crippen LogP contribution in [0.2, 0.25) is 0 Å². The Kier molecular flexibility index (Phi) is 5.29. The first-order valence-electron chi connectivity index (χ1n) is 6.30. The van der Waals surface area contributed by atoms with Gasteiger partial charge in [-0.15, -0.1) is 0 Å². The van der Waals surface area contributed by atoms with Crippen molar-refractivity contribution in [2.45, 2.75) is 57.9 Å². The molecule has 94 valence electrons. The van der Waals surface area contributed by atoms with E-state index in [0.29, 0.717) is 0 Å². The number of nitrogens with zero attached hydrogens (tertiary/aromatic N) is 1. The molecular formula is C13H24BrNO. The Balaban J connectivity index is 2.33. The van der Waals surface area contributed by atoms with Gasteiger partial charge in [0.25, 0.3) is 0 Å². The zero-order chi connectivity index (χ0) is 12.2. The van der Waals surface area contributed by atoms with Crippen molar-refractivity contribution in [1.82, 2.24) is 4.90 Å². The van der Waals surface area contributed by atoms with Crippen LogP contribution in [-0.2, 0) is 4.79 Å². The van der Waals surface area contributed by atoms with E-state index in [9.17, 15) is 4.79 Å². The van der Waals surface area contributed by atoms with E-state index in [1.54, 1.807) is 0 Å². The van der Waals surface area contributed by atoms with Gasteiger partial charge in [-0.1, -0.05) is 41.6 Å². The average molecular weight is 290 g/mol. The van der Waals surface area contributed by atoms with Crippen LogP contribution in [0.5, 0.6) is 0 Å². The molecule has 1 aliphatic rings. The molecule has 1 fully saturated rings. The van der Waals surface area contributed by atoms with E-state index in [-0.39, 0.29) is 11.4 Å². The molecule has 1 aliphatic carbocycles. The second-order valence-corrected chi connectivity index (χ2v) is 6.15. The summed E-state index contributed by atoms with van der Waals surface area (Å²) in [6.07, 6.45) is 7.19. The number of alkyl halides is 1. The van der Waals surface area contributed by atoms with Crippen molar-refractivity contribution in [3.63, 3.8) is 0 Å². The molecule has 1 saturated carbocycles. The van der Waals surface area contributed by atoms with Gasteiger partial charge in [0.1, 0.15) is 0 Å². The van der Waals surface area contributed by atoms with Crippen molar-refractivity contribution < 1.29 is 4.79 Å². The minimum atomic E-state index is -0.0766. The molecule has 3 heteroatoms. The van der Waals surface area contributed by atoms with Crippen LogP contribution in [0.1, 0.15) is 52.4 Å². The Labute approximate surface area is 108 Å². The maximum absolute atomic E-state index is 12.0. The molecule has 0 atom stereocenters. The lowest BCUT2D eigenvalue weighted by atomic mass is 10.00. The fourth-order valence-electron chi connectivity index (χ4n) is 2.22. The van der Waals surface area contributed by atoms with Crippen LogP contribution < -0.4 is 0 Å². The minimum Gasteiger partial charge on any atom is -0.340 e. The van der Waals surface area contributed by atoms with Gasteiger partial charge in [-0.25, -0.2) is 0 Å². The summed E-state index contributed by atoms with van der Waals surface area (Å²) in [5, 5.41) is 0.825. The predicted molar refractivity (Wildman–Crippen MR) is 71.8 cm³/mol. The number of rotatable bonds is 5. The number of hydrogen-bond donors (Lipinski definition) is 0. The van der Waals surface area contributed by atoms with E-state index in [2.05, 4.69) is 29.8 Å². The van der Waals surface area contributed by atoms with Crippen molar-refractivity contribution in [2.75, 3.05) is 12.4 Å². The lowest BCUT2D eigenvalue weighted by Gasteiger charge is -2.34. The van der Waals surface area contributed by atoms with E-state index < -0.39 is 0 Å². The quantitative estimate of drug-likeness (QED) is 0.709. The van der Waals surface area contributed by atoms with E-state index in [4.69, 9.17) is 0 Å². The maximum Gasteiger partial charge on any atom is 0.222 e.